The first kappa shape index (κ1) is 46.2. The Morgan fingerprint density at radius 3 is 2.16 bits per heavy atom. The molecule has 2 unspecified atom stereocenters. The Bertz CT molecular complexity index is 1480. The summed E-state index contributed by atoms with van der Waals surface area (Å²) in [5, 5.41) is 5.98. The van der Waals surface area contributed by atoms with E-state index in [0.29, 0.717) is 19.4 Å². The minimum absolute atomic E-state index is 0.0203. The summed E-state index contributed by atoms with van der Waals surface area (Å²) in [6, 6.07) is 8.76. The number of amides is 3. The molecule has 2 heterocycles. The Morgan fingerprint density at radius 1 is 0.964 bits per heavy atom. The lowest BCUT2D eigenvalue weighted by atomic mass is 9.83. The number of nitrogens with zero attached hydrogens (tertiary/aromatic N) is 4. The van der Waals surface area contributed by atoms with Crippen LogP contribution in [0.25, 0.3) is 0 Å². The van der Waals surface area contributed by atoms with E-state index in [-0.39, 0.29) is 72.2 Å². The van der Waals surface area contributed by atoms with Crippen molar-refractivity contribution < 1.29 is 28.7 Å². The van der Waals surface area contributed by atoms with E-state index in [4.69, 9.17) is 9.47 Å². The molecule has 2 aromatic rings. The number of thiazole rings is 1. The van der Waals surface area contributed by atoms with E-state index in [1.54, 1.807) is 32.4 Å². The van der Waals surface area contributed by atoms with Gasteiger partial charge in [-0.25, -0.2) is 4.98 Å². The second-order valence-electron chi connectivity index (χ2n) is 16.4. The number of carbonyl (C=O) groups is 4. The van der Waals surface area contributed by atoms with Crippen molar-refractivity contribution in [1.29, 1.82) is 0 Å². The summed E-state index contributed by atoms with van der Waals surface area (Å²) >= 11 is 1.51. The normalized spacial score (nSPS) is 19.1. The number of ether oxygens (including phenoxy) is 2. The van der Waals surface area contributed by atoms with Crippen LogP contribution in [0, 0.1) is 29.6 Å². The SMILES string of the molecule is CC[C@H](C)[C@@H](C(CC(=O)N1CCC[C@H]1[C@H](OC)[C@@H](C)C(=O)N[C@@H](Cc1ccccc1)c1nccs1)OC)N(C)C(=O)[C@@H](CC(=O)C(C(C)C)N(C)C)C(C)C. The van der Waals surface area contributed by atoms with Crippen LogP contribution in [0.15, 0.2) is 41.9 Å². The Labute approximate surface area is 334 Å². The number of benzene rings is 1. The maximum atomic E-state index is 14.3. The number of likely N-dealkylation sites (tertiary alicyclic amines) is 1. The third-order valence-corrected chi connectivity index (χ3v) is 12.6. The summed E-state index contributed by atoms with van der Waals surface area (Å²) in [7, 11) is 8.80. The molecule has 1 aromatic heterocycles. The van der Waals surface area contributed by atoms with E-state index in [0.717, 1.165) is 23.4 Å². The number of rotatable bonds is 22. The van der Waals surface area contributed by atoms with Crippen LogP contribution < -0.4 is 5.32 Å². The van der Waals surface area contributed by atoms with Crippen LogP contribution in [0.4, 0.5) is 0 Å². The highest BCUT2D eigenvalue weighted by molar-refractivity contribution is 7.09. The van der Waals surface area contributed by atoms with Gasteiger partial charge in [-0.3, -0.25) is 24.1 Å². The Kier molecular flexibility index (Phi) is 18.4. The third-order valence-electron chi connectivity index (χ3n) is 11.7. The van der Waals surface area contributed by atoms with E-state index < -0.39 is 30.1 Å². The summed E-state index contributed by atoms with van der Waals surface area (Å²) in [5.41, 5.74) is 1.10. The maximum Gasteiger partial charge on any atom is 0.226 e. The fourth-order valence-electron chi connectivity index (χ4n) is 8.53. The number of aromatic nitrogens is 1. The van der Waals surface area contributed by atoms with Crippen LogP contribution in [-0.4, -0.2) is 115 Å². The third kappa shape index (κ3) is 12.2. The summed E-state index contributed by atoms with van der Waals surface area (Å²) in [5.74, 6) is -1.26. The number of methoxy groups -OCH3 is 2. The summed E-state index contributed by atoms with van der Waals surface area (Å²) in [6.07, 6.45) is 3.74. The van der Waals surface area contributed by atoms with Crippen molar-refractivity contribution in [2.75, 3.05) is 41.9 Å². The van der Waals surface area contributed by atoms with Crippen molar-refractivity contribution in [3.63, 3.8) is 0 Å². The Morgan fingerprint density at radius 2 is 1.64 bits per heavy atom. The minimum Gasteiger partial charge on any atom is -0.379 e. The second-order valence-corrected chi connectivity index (χ2v) is 17.3. The Balaban J connectivity index is 1.79. The summed E-state index contributed by atoms with van der Waals surface area (Å²) in [6.45, 7) is 14.6. The lowest BCUT2D eigenvalue weighted by molar-refractivity contribution is -0.149. The van der Waals surface area contributed by atoms with Crippen LogP contribution in [0.1, 0.15) is 97.2 Å². The lowest BCUT2D eigenvalue weighted by Gasteiger charge is -2.41. The van der Waals surface area contributed by atoms with Crippen LogP contribution >= 0.6 is 11.3 Å². The molecule has 308 valence electrons. The van der Waals surface area contributed by atoms with Gasteiger partial charge in [0, 0.05) is 51.7 Å². The fraction of sp³-hybridized carbons (Fsp3) is 0.698. The van der Waals surface area contributed by atoms with Crippen molar-refractivity contribution in [2.45, 2.75) is 123 Å². The van der Waals surface area contributed by atoms with Gasteiger partial charge in [0.25, 0.3) is 0 Å². The Hall–Kier alpha value is -3.19. The molecule has 12 heteroatoms. The molecule has 1 aromatic carbocycles. The van der Waals surface area contributed by atoms with Crippen molar-refractivity contribution >= 4 is 34.8 Å². The van der Waals surface area contributed by atoms with Gasteiger partial charge >= 0.3 is 0 Å². The van der Waals surface area contributed by atoms with Crippen molar-refractivity contribution in [3.05, 3.63) is 52.5 Å². The van der Waals surface area contributed by atoms with Crippen LogP contribution in [0.5, 0.6) is 0 Å². The molecule has 0 aliphatic carbocycles. The quantitative estimate of drug-likeness (QED) is 0.148. The van der Waals surface area contributed by atoms with Gasteiger partial charge in [0.1, 0.15) is 5.01 Å². The molecule has 3 rings (SSSR count). The van der Waals surface area contributed by atoms with Crippen LogP contribution in [-0.2, 0) is 35.1 Å². The highest BCUT2D eigenvalue weighted by Crippen LogP contribution is 2.31. The number of ketones is 1. The number of Topliss-reactive ketones (excluding diaryl/α,β-unsaturated/α-hetero) is 1. The average Bonchev–Trinajstić information content (AvgIpc) is 3.87. The van der Waals surface area contributed by atoms with E-state index in [9.17, 15) is 19.2 Å². The monoisotopic (exact) mass is 783 g/mol. The molecule has 3 amide bonds. The van der Waals surface area contributed by atoms with Gasteiger partial charge in [-0.15, -0.1) is 11.3 Å². The zero-order valence-corrected chi connectivity index (χ0v) is 36.3. The molecule has 9 atom stereocenters. The molecule has 0 bridgehead atoms. The number of hydrogen-bond acceptors (Lipinski definition) is 9. The molecular weight excluding hydrogens is 715 g/mol. The molecule has 1 aliphatic heterocycles. The largest absolute Gasteiger partial charge is 0.379 e. The molecule has 1 N–H and O–H groups in total. The van der Waals surface area contributed by atoms with Gasteiger partial charge in [-0.1, -0.05) is 85.2 Å². The van der Waals surface area contributed by atoms with Crippen molar-refractivity contribution in [3.8, 4) is 0 Å². The van der Waals surface area contributed by atoms with Crippen molar-refractivity contribution in [2.24, 2.45) is 29.6 Å². The molecule has 0 saturated carbocycles. The smallest absolute Gasteiger partial charge is 0.226 e. The number of hydrogen-bond donors (Lipinski definition) is 1. The molecular formula is C43H69N5O6S. The van der Waals surface area contributed by atoms with E-state index in [1.807, 2.05) is 94.2 Å². The van der Waals surface area contributed by atoms with E-state index >= 15 is 0 Å². The molecule has 0 spiro atoms. The standard InChI is InChI=1S/C43H69N5O6S/c1-13-29(6)39(47(10)43(52)32(27(2)3)25-35(49)38(28(4)5)46(8)9)36(53-11)26-37(50)48-22-17-20-34(48)40(54-12)30(7)41(51)45-33(42-44-21-23-55-42)24-31-18-15-14-16-19-31/h14-16,18-19,21,23,27-30,32-34,36,38-40H,13,17,20,22,24-26H2,1-12H3,(H,45,51)/t29-,30+,32-,33-,34-,36?,38?,39-,40+/m0/s1. The average molecular weight is 784 g/mol. The minimum atomic E-state index is -0.579. The zero-order valence-electron chi connectivity index (χ0n) is 35.5. The predicted octanol–water partition coefficient (Wildman–Crippen LogP) is 6.28. The second kappa shape index (κ2) is 21.9. The van der Waals surface area contributed by atoms with E-state index in [2.05, 4.69) is 24.1 Å². The number of carbonyl (C=O) groups excluding carboxylic acids is 4. The van der Waals surface area contributed by atoms with Gasteiger partial charge < -0.3 is 24.6 Å². The highest BCUT2D eigenvalue weighted by atomic mass is 32.1. The number of nitrogens with one attached hydrogen (secondary N) is 1. The maximum absolute atomic E-state index is 14.3. The lowest BCUT2D eigenvalue weighted by Crippen LogP contribution is -2.54. The first-order valence-corrected chi connectivity index (χ1v) is 21.0. The van der Waals surface area contributed by atoms with Crippen LogP contribution in [0.2, 0.25) is 0 Å². The molecule has 55 heavy (non-hydrogen) atoms. The van der Waals surface area contributed by atoms with Crippen LogP contribution in [0.3, 0.4) is 0 Å². The zero-order chi connectivity index (χ0) is 41.0. The van der Waals surface area contributed by atoms with Gasteiger partial charge in [-0.05, 0) is 56.7 Å². The molecule has 11 nitrogen and oxygen atoms in total. The summed E-state index contributed by atoms with van der Waals surface area (Å²) < 4.78 is 12.1. The van der Waals surface area contributed by atoms with Gasteiger partial charge in [0.15, 0.2) is 5.78 Å². The first-order valence-electron chi connectivity index (χ1n) is 20.1. The number of likely N-dealkylation sites (N-methyl/N-ethyl adjacent to an activating group) is 2. The fourth-order valence-corrected chi connectivity index (χ4v) is 9.22. The highest BCUT2D eigenvalue weighted by Gasteiger charge is 2.43. The van der Waals surface area contributed by atoms with Gasteiger partial charge in [-0.2, -0.15) is 0 Å². The first-order chi connectivity index (χ1) is 26.1. The topological polar surface area (TPSA) is 121 Å². The van der Waals surface area contributed by atoms with Gasteiger partial charge in [0.05, 0.1) is 48.7 Å². The predicted molar refractivity (Wildman–Crippen MR) is 220 cm³/mol. The van der Waals surface area contributed by atoms with Crippen molar-refractivity contribution in [1.82, 2.24) is 25.0 Å². The molecule has 1 aliphatic rings. The summed E-state index contributed by atoms with van der Waals surface area (Å²) in [4.78, 5) is 66.1. The molecule has 1 fully saturated rings. The van der Waals surface area contributed by atoms with Gasteiger partial charge in [0.2, 0.25) is 17.7 Å². The molecule has 1 saturated heterocycles. The van der Waals surface area contributed by atoms with E-state index in [1.165, 1.54) is 11.3 Å². The molecule has 0 radical (unpaired) electrons.